The minimum absolute atomic E-state index is 0.0521. The molecule has 190 valence electrons. The van der Waals surface area contributed by atoms with Gasteiger partial charge in [-0.1, -0.05) is 11.2 Å². The van der Waals surface area contributed by atoms with E-state index in [4.69, 9.17) is 10.6 Å². The van der Waals surface area contributed by atoms with Crippen LogP contribution in [-0.4, -0.2) is 65.9 Å². The van der Waals surface area contributed by atoms with Crippen molar-refractivity contribution in [2.45, 2.75) is 24.6 Å². The number of carboxylic acid groups (broad SMARTS) is 1. The van der Waals surface area contributed by atoms with E-state index in [2.05, 4.69) is 25.7 Å². The van der Waals surface area contributed by atoms with Crippen molar-refractivity contribution < 1.29 is 28.9 Å². The van der Waals surface area contributed by atoms with E-state index in [1.54, 1.807) is 17.8 Å². The Labute approximate surface area is 218 Å². The third kappa shape index (κ3) is 5.03. The molecule has 0 bridgehead atoms. The van der Waals surface area contributed by atoms with Crippen molar-refractivity contribution in [3.63, 3.8) is 0 Å². The number of nitrogen functional groups attached to an aromatic ring is 1. The number of rotatable bonds is 9. The number of aromatic nitrogens is 4. The van der Waals surface area contributed by atoms with E-state index in [0.29, 0.717) is 23.4 Å². The fourth-order valence-corrected chi connectivity index (χ4v) is 5.79. The van der Waals surface area contributed by atoms with Crippen LogP contribution in [0.4, 0.5) is 5.13 Å². The summed E-state index contributed by atoms with van der Waals surface area (Å²) in [6, 6.07) is 4.61. The highest BCUT2D eigenvalue weighted by atomic mass is 32.2. The van der Waals surface area contributed by atoms with Crippen LogP contribution in [-0.2, 0) is 32.4 Å². The molecule has 0 aromatic carbocycles. The first kappa shape index (κ1) is 24.5. The zero-order valence-electron chi connectivity index (χ0n) is 19.1. The molecule has 37 heavy (non-hydrogen) atoms. The second-order valence-corrected chi connectivity index (χ2v) is 10.1. The zero-order valence-corrected chi connectivity index (χ0v) is 20.7. The van der Waals surface area contributed by atoms with E-state index in [0.717, 1.165) is 11.3 Å². The van der Waals surface area contributed by atoms with Crippen molar-refractivity contribution in [2.75, 3.05) is 11.5 Å². The van der Waals surface area contributed by atoms with Crippen LogP contribution >= 0.6 is 23.1 Å². The first-order chi connectivity index (χ1) is 17.9. The molecule has 0 radical (unpaired) electrons. The minimum Gasteiger partial charge on any atom is -0.477 e. The summed E-state index contributed by atoms with van der Waals surface area (Å²) < 4.78 is 1.84. The number of anilines is 1. The molecule has 2 atom stereocenters. The number of oxime groups is 1. The van der Waals surface area contributed by atoms with Crippen LogP contribution in [0.15, 0.2) is 64.8 Å². The van der Waals surface area contributed by atoms with Gasteiger partial charge in [-0.15, -0.1) is 23.1 Å². The number of amides is 2. The number of aromatic amines is 1. The second-order valence-electron chi connectivity index (χ2n) is 8.06. The number of β-lactam (4-membered cyclic amide) rings is 1. The fourth-order valence-electron chi connectivity index (χ4n) is 3.90. The van der Waals surface area contributed by atoms with Gasteiger partial charge in [-0.2, -0.15) is 5.10 Å². The molecule has 5 N–H and O–H groups in total. The van der Waals surface area contributed by atoms with Crippen molar-refractivity contribution in [1.82, 2.24) is 25.4 Å². The van der Waals surface area contributed by atoms with Gasteiger partial charge in [0.1, 0.15) is 29.4 Å². The lowest BCUT2D eigenvalue weighted by Crippen LogP contribution is -2.71. The third-order valence-electron chi connectivity index (χ3n) is 5.61. The van der Waals surface area contributed by atoms with Gasteiger partial charge in [-0.25, -0.2) is 14.3 Å². The Morgan fingerprint density at radius 2 is 2.16 bits per heavy atom. The molecule has 13 nitrogen and oxygen atoms in total. The summed E-state index contributed by atoms with van der Waals surface area (Å²) >= 11 is 2.51. The van der Waals surface area contributed by atoms with Crippen LogP contribution in [0.3, 0.4) is 0 Å². The molecule has 2 aliphatic rings. The molecule has 0 spiro atoms. The normalized spacial score (nSPS) is 19.3. The van der Waals surface area contributed by atoms with Crippen LogP contribution in [0.5, 0.6) is 0 Å². The SMILES string of the molecule is Nc1nc(C(=NOCc2cn[nH]c2)C(=O)N[C@@H]2C(=O)N3C(C(=O)O)=C(C[n+]4ccccc4)CS[C@@H]23)cs1. The summed E-state index contributed by atoms with van der Waals surface area (Å²) in [7, 11) is 0. The fraction of sp³-hybridized carbons (Fsp3) is 0.227. The van der Waals surface area contributed by atoms with Gasteiger partial charge in [0.05, 0.1) is 6.20 Å². The molecule has 2 aliphatic heterocycles. The molecular formula is C22H21N8O5S2+. The van der Waals surface area contributed by atoms with E-state index in [-0.39, 0.29) is 28.8 Å². The maximum Gasteiger partial charge on any atom is 0.352 e. The van der Waals surface area contributed by atoms with Crippen LogP contribution < -0.4 is 15.6 Å². The number of fused-ring (bicyclic) bond motifs is 1. The van der Waals surface area contributed by atoms with E-state index < -0.39 is 29.2 Å². The number of carboxylic acids is 1. The molecule has 15 heteroatoms. The summed E-state index contributed by atoms with van der Waals surface area (Å²) in [4.78, 5) is 49.0. The van der Waals surface area contributed by atoms with Crippen LogP contribution in [0.25, 0.3) is 0 Å². The Bertz CT molecular complexity index is 1390. The minimum atomic E-state index is -1.19. The lowest BCUT2D eigenvalue weighted by molar-refractivity contribution is -0.689. The number of thioether (sulfide) groups is 1. The van der Waals surface area contributed by atoms with Crippen LogP contribution in [0, 0.1) is 0 Å². The van der Waals surface area contributed by atoms with E-state index in [1.165, 1.54) is 16.7 Å². The number of nitrogens with two attached hydrogens (primary N) is 1. The summed E-state index contributed by atoms with van der Waals surface area (Å²) in [6.45, 7) is 0.384. The molecular weight excluding hydrogens is 520 g/mol. The summed E-state index contributed by atoms with van der Waals surface area (Å²) in [6.07, 6.45) is 6.82. The largest absolute Gasteiger partial charge is 0.477 e. The number of hydrogen-bond donors (Lipinski definition) is 4. The molecule has 0 saturated carbocycles. The zero-order chi connectivity index (χ0) is 25.9. The molecule has 1 fully saturated rings. The van der Waals surface area contributed by atoms with Gasteiger partial charge in [-0.3, -0.25) is 19.6 Å². The number of hydrogen-bond acceptors (Lipinski definition) is 10. The molecule has 3 aromatic heterocycles. The highest BCUT2D eigenvalue weighted by Gasteiger charge is 2.54. The Morgan fingerprint density at radius 1 is 1.35 bits per heavy atom. The number of thiazole rings is 1. The third-order valence-corrected chi connectivity index (χ3v) is 7.62. The number of pyridine rings is 1. The number of carbonyl (C=O) groups excluding carboxylic acids is 2. The average molecular weight is 542 g/mol. The predicted molar refractivity (Wildman–Crippen MR) is 133 cm³/mol. The Kier molecular flexibility index (Phi) is 6.87. The summed E-state index contributed by atoms with van der Waals surface area (Å²) in [5.41, 5.74) is 7.03. The molecule has 5 rings (SSSR count). The van der Waals surface area contributed by atoms with Crippen molar-refractivity contribution >= 4 is 51.7 Å². The van der Waals surface area contributed by atoms with E-state index >= 15 is 0 Å². The highest BCUT2D eigenvalue weighted by Crippen LogP contribution is 2.40. The number of H-pyrrole nitrogens is 1. The standard InChI is InChI=1S/C22H20N8O5S2/c23-22-26-14(11-37-22)15(28-35-9-12-6-24-25-7-12)18(31)27-16-19(32)30-17(21(33)34)13(10-36-20(16)30)8-29-4-2-1-3-5-29/h1-7,11,16,20H,8-10H2,(H4-,23,24,25,26,27,31,33,34)/p+1/t16-,20+/m1/s1. The molecule has 0 aliphatic carbocycles. The first-order valence-electron chi connectivity index (χ1n) is 11.0. The van der Waals surface area contributed by atoms with Crippen molar-refractivity contribution in [1.29, 1.82) is 0 Å². The van der Waals surface area contributed by atoms with Gasteiger partial charge < -0.3 is 21.0 Å². The van der Waals surface area contributed by atoms with Gasteiger partial charge in [0.25, 0.3) is 11.8 Å². The van der Waals surface area contributed by atoms with Crippen molar-refractivity contribution in [2.24, 2.45) is 5.16 Å². The van der Waals surface area contributed by atoms with Crippen molar-refractivity contribution in [3.05, 3.63) is 70.9 Å². The van der Waals surface area contributed by atoms with Gasteiger partial charge in [0.2, 0.25) is 0 Å². The number of nitrogens with zero attached hydrogens (tertiary/aromatic N) is 5. The quantitative estimate of drug-likeness (QED) is 0.126. The first-order valence-corrected chi connectivity index (χ1v) is 12.9. The van der Waals surface area contributed by atoms with Crippen LogP contribution in [0.2, 0.25) is 0 Å². The van der Waals surface area contributed by atoms with E-state index in [1.807, 2.05) is 35.2 Å². The van der Waals surface area contributed by atoms with Gasteiger partial charge in [0, 0.05) is 40.6 Å². The lowest BCUT2D eigenvalue weighted by Gasteiger charge is -2.49. The highest BCUT2D eigenvalue weighted by molar-refractivity contribution is 8.00. The molecule has 1 saturated heterocycles. The van der Waals surface area contributed by atoms with Crippen molar-refractivity contribution in [3.8, 4) is 0 Å². The smallest absolute Gasteiger partial charge is 0.352 e. The van der Waals surface area contributed by atoms with Gasteiger partial charge in [-0.05, 0) is 0 Å². The summed E-state index contributed by atoms with van der Waals surface area (Å²) in [5.74, 6) is -2.01. The maximum atomic E-state index is 13.2. The van der Waals surface area contributed by atoms with Gasteiger partial charge in [0.15, 0.2) is 29.8 Å². The van der Waals surface area contributed by atoms with Gasteiger partial charge >= 0.3 is 5.97 Å². The molecule has 3 aromatic rings. The average Bonchev–Trinajstić information content (AvgIpc) is 3.57. The second kappa shape index (κ2) is 10.4. The maximum absolute atomic E-state index is 13.2. The Balaban J connectivity index is 1.32. The lowest BCUT2D eigenvalue weighted by atomic mass is 10.0. The number of carbonyl (C=O) groups is 3. The predicted octanol–water partition coefficient (Wildman–Crippen LogP) is 0.0956. The Hall–Kier alpha value is -4.24. The monoisotopic (exact) mass is 541 g/mol. The number of aliphatic carboxylic acids is 1. The Morgan fingerprint density at radius 3 is 2.84 bits per heavy atom. The molecule has 0 unspecified atom stereocenters. The molecule has 2 amide bonds. The van der Waals surface area contributed by atoms with Crippen LogP contribution in [0.1, 0.15) is 11.3 Å². The van der Waals surface area contributed by atoms with E-state index in [9.17, 15) is 19.5 Å². The molecule has 5 heterocycles. The topological polar surface area (TPSA) is 180 Å². The number of nitrogens with one attached hydrogen (secondary N) is 2. The summed E-state index contributed by atoms with van der Waals surface area (Å²) in [5, 5.41) is 24.2.